The van der Waals surface area contributed by atoms with Gasteiger partial charge in [-0.25, -0.2) is 0 Å². The highest BCUT2D eigenvalue weighted by Gasteiger charge is 2.08. The smallest absolute Gasteiger partial charge is 0.303 e. The van der Waals surface area contributed by atoms with Gasteiger partial charge in [0.2, 0.25) is 0 Å². The second kappa shape index (κ2) is 9.54. The molecule has 1 aromatic carbocycles. The molecular formula is C17H27NO2. The van der Waals surface area contributed by atoms with Crippen molar-refractivity contribution in [2.75, 3.05) is 19.6 Å². The van der Waals surface area contributed by atoms with Crippen molar-refractivity contribution in [3.63, 3.8) is 0 Å². The number of carboxylic acids is 1. The zero-order chi connectivity index (χ0) is 14.8. The van der Waals surface area contributed by atoms with E-state index in [2.05, 4.69) is 43.0 Å². The highest BCUT2D eigenvalue weighted by Crippen LogP contribution is 2.06. The number of unbranched alkanes of at least 4 members (excludes halogenated alkanes) is 1. The van der Waals surface area contributed by atoms with E-state index in [0.717, 1.165) is 38.9 Å². The molecule has 0 aliphatic rings. The van der Waals surface area contributed by atoms with Gasteiger partial charge in [-0.3, -0.25) is 4.79 Å². The summed E-state index contributed by atoms with van der Waals surface area (Å²) < 4.78 is 0. The standard InChI is InChI=1S/C17H27NO2/c1-15(2)14-18(12-7-6-10-17(19)20)13-11-16-8-4-3-5-9-16/h3-5,8-9,15H,6-7,10-14H2,1-2H3,(H,19,20). The van der Waals surface area contributed by atoms with Gasteiger partial charge < -0.3 is 10.0 Å². The van der Waals surface area contributed by atoms with Crippen LogP contribution in [0.25, 0.3) is 0 Å². The third kappa shape index (κ3) is 7.95. The zero-order valence-corrected chi connectivity index (χ0v) is 12.7. The van der Waals surface area contributed by atoms with E-state index in [4.69, 9.17) is 5.11 Å². The number of nitrogens with zero attached hydrogens (tertiary/aromatic N) is 1. The maximum absolute atomic E-state index is 10.5. The molecule has 0 unspecified atom stereocenters. The van der Waals surface area contributed by atoms with Gasteiger partial charge in [0.05, 0.1) is 0 Å². The van der Waals surface area contributed by atoms with Crippen molar-refractivity contribution >= 4 is 5.97 Å². The lowest BCUT2D eigenvalue weighted by Crippen LogP contribution is -2.31. The lowest BCUT2D eigenvalue weighted by Gasteiger charge is -2.24. The molecule has 0 saturated carbocycles. The normalized spacial score (nSPS) is 11.2. The molecule has 3 nitrogen and oxygen atoms in total. The molecule has 0 spiro atoms. The predicted octanol–water partition coefficient (Wildman–Crippen LogP) is 3.44. The van der Waals surface area contributed by atoms with E-state index in [1.807, 2.05) is 6.07 Å². The third-order valence-electron chi connectivity index (χ3n) is 3.30. The van der Waals surface area contributed by atoms with Crippen LogP contribution in [0, 0.1) is 5.92 Å². The molecule has 1 N–H and O–H groups in total. The summed E-state index contributed by atoms with van der Waals surface area (Å²) in [4.78, 5) is 13.0. The molecule has 0 atom stereocenters. The maximum Gasteiger partial charge on any atom is 0.303 e. The van der Waals surface area contributed by atoms with Gasteiger partial charge in [-0.1, -0.05) is 44.2 Å². The molecule has 0 aromatic heterocycles. The second-order valence-electron chi connectivity index (χ2n) is 5.78. The fourth-order valence-corrected chi connectivity index (χ4v) is 2.35. The van der Waals surface area contributed by atoms with Gasteiger partial charge >= 0.3 is 5.97 Å². The molecule has 0 aliphatic carbocycles. The first-order chi connectivity index (χ1) is 9.58. The minimum Gasteiger partial charge on any atom is -0.481 e. The van der Waals surface area contributed by atoms with Crippen LogP contribution in [-0.2, 0) is 11.2 Å². The number of hydrogen-bond donors (Lipinski definition) is 1. The highest BCUT2D eigenvalue weighted by molar-refractivity contribution is 5.66. The fourth-order valence-electron chi connectivity index (χ4n) is 2.35. The fraction of sp³-hybridized carbons (Fsp3) is 0.588. The van der Waals surface area contributed by atoms with Crippen LogP contribution in [-0.4, -0.2) is 35.6 Å². The van der Waals surface area contributed by atoms with E-state index in [0.29, 0.717) is 5.92 Å². The molecule has 112 valence electrons. The number of carbonyl (C=O) groups is 1. The number of benzene rings is 1. The van der Waals surface area contributed by atoms with E-state index in [-0.39, 0.29) is 6.42 Å². The van der Waals surface area contributed by atoms with Crippen LogP contribution in [0.5, 0.6) is 0 Å². The number of rotatable bonds is 10. The summed E-state index contributed by atoms with van der Waals surface area (Å²) in [5.41, 5.74) is 1.37. The molecule has 0 aliphatic heterocycles. The molecule has 0 bridgehead atoms. The van der Waals surface area contributed by atoms with Crippen LogP contribution < -0.4 is 0 Å². The summed E-state index contributed by atoms with van der Waals surface area (Å²) in [7, 11) is 0. The molecule has 1 rings (SSSR count). The summed E-state index contributed by atoms with van der Waals surface area (Å²) in [5, 5.41) is 8.66. The van der Waals surface area contributed by atoms with Gasteiger partial charge in [0.15, 0.2) is 0 Å². The first kappa shape index (κ1) is 16.7. The Kier molecular flexibility index (Phi) is 7.97. The molecule has 0 saturated heterocycles. The van der Waals surface area contributed by atoms with Crippen LogP contribution in [0.15, 0.2) is 30.3 Å². The second-order valence-corrected chi connectivity index (χ2v) is 5.78. The van der Waals surface area contributed by atoms with E-state index in [1.165, 1.54) is 5.56 Å². The Morgan fingerprint density at radius 3 is 2.45 bits per heavy atom. The molecule has 20 heavy (non-hydrogen) atoms. The van der Waals surface area contributed by atoms with Crippen LogP contribution in [0.4, 0.5) is 0 Å². The van der Waals surface area contributed by atoms with E-state index in [9.17, 15) is 4.79 Å². The third-order valence-corrected chi connectivity index (χ3v) is 3.30. The molecule has 0 radical (unpaired) electrons. The van der Waals surface area contributed by atoms with Gasteiger partial charge in [0, 0.05) is 19.5 Å². The topological polar surface area (TPSA) is 40.5 Å². The lowest BCUT2D eigenvalue weighted by molar-refractivity contribution is -0.137. The Hall–Kier alpha value is -1.35. The van der Waals surface area contributed by atoms with Crippen LogP contribution >= 0.6 is 0 Å². The van der Waals surface area contributed by atoms with Crippen molar-refractivity contribution < 1.29 is 9.90 Å². The summed E-state index contributed by atoms with van der Waals surface area (Å²) in [6, 6.07) is 10.5. The van der Waals surface area contributed by atoms with Crippen molar-refractivity contribution in [2.45, 2.75) is 39.5 Å². The van der Waals surface area contributed by atoms with Gasteiger partial charge in [-0.15, -0.1) is 0 Å². The van der Waals surface area contributed by atoms with Crippen molar-refractivity contribution in [1.29, 1.82) is 0 Å². The van der Waals surface area contributed by atoms with Crippen molar-refractivity contribution in [1.82, 2.24) is 4.90 Å². The number of aliphatic carboxylic acids is 1. The van der Waals surface area contributed by atoms with Crippen molar-refractivity contribution in [3.8, 4) is 0 Å². The number of carboxylic acid groups (broad SMARTS) is 1. The van der Waals surface area contributed by atoms with Crippen LogP contribution in [0.2, 0.25) is 0 Å². The SMILES string of the molecule is CC(C)CN(CCCCC(=O)O)CCc1ccccc1. The summed E-state index contributed by atoms with van der Waals surface area (Å²) in [6.45, 7) is 7.59. The quantitative estimate of drug-likeness (QED) is 0.666. The molecular weight excluding hydrogens is 250 g/mol. The van der Waals surface area contributed by atoms with E-state index < -0.39 is 5.97 Å². The van der Waals surface area contributed by atoms with Gasteiger partial charge in [0.25, 0.3) is 0 Å². The van der Waals surface area contributed by atoms with E-state index in [1.54, 1.807) is 0 Å². The van der Waals surface area contributed by atoms with Gasteiger partial charge in [0.1, 0.15) is 0 Å². The summed E-state index contributed by atoms with van der Waals surface area (Å²) in [5.74, 6) is -0.0463. The molecule has 1 aromatic rings. The Morgan fingerprint density at radius 1 is 1.15 bits per heavy atom. The minimum atomic E-state index is -0.690. The first-order valence-corrected chi connectivity index (χ1v) is 7.56. The monoisotopic (exact) mass is 277 g/mol. The molecule has 0 amide bonds. The van der Waals surface area contributed by atoms with Crippen LogP contribution in [0.1, 0.15) is 38.7 Å². The largest absolute Gasteiger partial charge is 0.481 e. The molecule has 0 fully saturated rings. The average molecular weight is 277 g/mol. The van der Waals surface area contributed by atoms with Gasteiger partial charge in [-0.05, 0) is 37.3 Å². The number of hydrogen-bond acceptors (Lipinski definition) is 2. The predicted molar refractivity (Wildman–Crippen MR) is 82.9 cm³/mol. The Balaban J connectivity index is 2.33. The zero-order valence-electron chi connectivity index (χ0n) is 12.7. The summed E-state index contributed by atoms with van der Waals surface area (Å²) >= 11 is 0. The average Bonchev–Trinajstić information content (AvgIpc) is 2.41. The molecule has 3 heteroatoms. The van der Waals surface area contributed by atoms with E-state index >= 15 is 0 Å². The first-order valence-electron chi connectivity index (χ1n) is 7.56. The Morgan fingerprint density at radius 2 is 1.85 bits per heavy atom. The lowest BCUT2D eigenvalue weighted by atomic mass is 10.1. The minimum absolute atomic E-state index is 0.286. The maximum atomic E-state index is 10.5. The molecule has 0 heterocycles. The van der Waals surface area contributed by atoms with Gasteiger partial charge in [-0.2, -0.15) is 0 Å². The Bertz CT molecular complexity index is 376. The van der Waals surface area contributed by atoms with Crippen molar-refractivity contribution in [3.05, 3.63) is 35.9 Å². The van der Waals surface area contributed by atoms with Crippen LogP contribution in [0.3, 0.4) is 0 Å². The Labute approximate surface area is 122 Å². The highest BCUT2D eigenvalue weighted by atomic mass is 16.4. The summed E-state index contributed by atoms with van der Waals surface area (Å²) in [6.07, 6.45) is 3.09. The van der Waals surface area contributed by atoms with Crippen molar-refractivity contribution in [2.24, 2.45) is 5.92 Å².